The molecule has 4 rings (SSSR count). The second kappa shape index (κ2) is 10.5. The fourth-order valence-electron chi connectivity index (χ4n) is 4.51. The number of primary amides is 1. The molecule has 1 aliphatic heterocycles. The fraction of sp³-hybridized carbons (Fsp3) is 0.250. The summed E-state index contributed by atoms with van der Waals surface area (Å²) in [6.07, 6.45) is -3.04. The number of carbonyl (C=O) groups excluding carboxylic acids is 3. The van der Waals surface area contributed by atoms with E-state index in [2.05, 4.69) is 0 Å². The molecule has 37 heavy (non-hydrogen) atoms. The van der Waals surface area contributed by atoms with Crippen LogP contribution in [0.15, 0.2) is 66.7 Å². The number of nitrogens with two attached hydrogens (primary N) is 1. The second-order valence-electron chi connectivity index (χ2n) is 8.76. The first-order valence-corrected chi connectivity index (χ1v) is 11.8. The maximum absolute atomic E-state index is 13.1. The van der Waals surface area contributed by atoms with Gasteiger partial charge in [-0.2, -0.15) is 13.2 Å². The van der Waals surface area contributed by atoms with Gasteiger partial charge in [-0.1, -0.05) is 43.3 Å². The number of hydrogen-bond acceptors (Lipinski definition) is 4. The molecule has 0 fully saturated rings. The van der Waals surface area contributed by atoms with Crippen molar-refractivity contribution in [3.8, 4) is 16.9 Å². The Balaban J connectivity index is 1.58. The van der Waals surface area contributed by atoms with Crippen LogP contribution in [0.1, 0.15) is 52.9 Å². The topological polar surface area (TPSA) is 89.7 Å². The average molecular weight is 511 g/mol. The maximum Gasteiger partial charge on any atom is 0.416 e. The molecule has 1 aliphatic rings. The summed E-state index contributed by atoms with van der Waals surface area (Å²) in [6, 6.07) is 14.9. The highest BCUT2D eigenvalue weighted by Crippen LogP contribution is 2.34. The van der Waals surface area contributed by atoms with Gasteiger partial charge in [-0.25, -0.2) is 4.79 Å². The summed E-state index contributed by atoms with van der Waals surface area (Å²) in [5.74, 6) is -1.23. The van der Waals surface area contributed by atoms with Crippen LogP contribution >= 0.6 is 0 Å². The Kier molecular flexibility index (Phi) is 7.33. The number of amides is 2. The minimum absolute atomic E-state index is 0.146. The highest BCUT2D eigenvalue weighted by Gasteiger charge is 2.34. The van der Waals surface area contributed by atoms with Gasteiger partial charge >= 0.3 is 12.1 Å². The molecule has 3 aromatic rings. The smallest absolute Gasteiger partial charge is 0.416 e. The number of benzene rings is 3. The molecule has 0 aliphatic carbocycles. The number of hydrogen-bond donors (Lipinski definition) is 1. The van der Waals surface area contributed by atoms with E-state index in [1.54, 1.807) is 30.3 Å². The summed E-state index contributed by atoms with van der Waals surface area (Å²) in [5, 5.41) is 0. The van der Waals surface area contributed by atoms with Gasteiger partial charge in [0.25, 0.3) is 0 Å². The minimum atomic E-state index is -4.46. The lowest BCUT2D eigenvalue weighted by Gasteiger charge is -2.35. The standard InChI is InChI=1S/C28H25F3N2O4/c1-2-5-24(34)33-15-14-18-16-20(12-13-22(18)25(33)26(32)35)37-27(36)23-7-4-3-6-21(23)17-8-10-19(11-9-17)28(29,30)31/h3-4,6-13,16,25H,2,5,14-15H2,1H3,(H2,32,35). The van der Waals surface area contributed by atoms with E-state index >= 15 is 0 Å². The summed E-state index contributed by atoms with van der Waals surface area (Å²) in [4.78, 5) is 39.3. The van der Waals surface area contributed by atoms with Crippen LogP contribution in [-0.2, 0) is 22.2 Å². The Morgan fingerprint density at radius 1 is 1.03 bits per heavy atom. The van der Waals surface area contributed by atoms with Crippen LogP contribution in [0.4, 0.5) is 13.2 Å². The van der Waals surface area contributed by atoms with Crippen molar-refractivity contribution in [3.63, 3.8) is 0 Å². The summed E-state index contributed by atoms with van der Waals surface area (Å²) in [7, 11) is 0. The Labute approximate surface area is 211 Å². The lowest BCUT2D eigenvalue weighted by molar-refractivity contribution is -0.140. The minimum Gasteiger partial charge on any atom is -0.423 e. The average Bonchev–Trinajstić information content (AvgIpc) is 2.87. The van der Waals surface area contributed by atoms with E-state index in [4.69, 9.17) is 10.5 Å². The van der Waals surface area contributed by atoms with E-state index in [0.29, 0.717) is 42.5 Å². The van der Waals surface area contributed by atoms with E-state index in [1.807, 2.05) is 6.92 Å². The molecular formula is C28H25F3N2O4. The molecule has 9 heteroatoms. The van der Waals surface area contributed by atoms with Crippen molar-refractivity contribution in [3.05, 3.63) is 89.0 Å². The molecule has 1 heterocycles. The number of alkyl halides is 3. The number of ether oxygens (including phenoxy) is 1. The van der Waals surface area contributed by atoms with Gasteiger partial charge in [-0.15, -0.1) is 0 Å². The summed E-state index contributed by atoms with van der Waals surface area (Å²) < 4.78 is 44.4. The maximum atomic E-state index is 13.1. The fourth-order valence-corrected chi connectivity index (χ4v) is 4.51. The van der Waals surface area contributed by atoms with Gasteiger partial charge in [-0.05, 0) is 65.4 Å². The Morgan fingerprint density at radius 3 is 2.38 bits per heavy atom. The summed E-state index contributed by atoms with van der Waals surface area (Å²) in [5.41, 5.74) is 7.23. The zero-order valence-electron chi connectivity index (χ0n) is 20.0. The molecule has 3 aromatic carbocycles. The molecule has 1 unspecified atom stereocenters. The summed E-state index contributed by atoms with van der Waals surface area (Å²) in [6.45, 7) is 2.19. The Hall–Kier alpha value is -4.14. The quantitative estimate of drug-likeness (QED) is 0.360. The lowest BCUT2D eigenvalue weighted by atomic mass is 9.91. The van der Waals surface area contributed by atoms with Crippen LogP contribution in [0.2, 0.25) is 0 Å². The molecule has 2 N–H and O–H groups in total. The van der Waals surface area contributed by atoms with Crippen LogP contribution in [0.3, 0.4) is 0 Å². The van der Waals surface area contributed by atoms with Crippen molar-refractivity contribution < 1.29 is 32.3 Å². The van der Waals surface area contributed by atoms with E-state index in [-0.39, 0.29) is 17.2 Å². The number of nitrogens with zero attached hydrogens (tertiary/aromatic N) is 1. The molecule has 2 amide bonds. The molecule has 192 valence electrons. The van der Waals surface area contributed by atoms with Gasteiger partial charge in [0.2, 0.25) is 11.8 Å². The molecule has 0 saturated heterocycles. The third kappa shape index (κ3) is 5.50. The van der Waals surface area contributed by atoms with E-state index in [9.17, 15) is 27.6 Å². The van der Waals surface area contributed by atoms with Crippen LogP contribution in [0, 0.1) is 0 Å². The van der Waals surface area contributed by atoms with Gasteiger partial charge in [0.05, 0.1) is 11.1 Å². The first-order valence-electron chi connectivity index (χ1n) is 11.8. The van der Waals surface area contributed by atoms with Gasteiger partial charge in [0.15, 0.2) is 0 Å². The van der Waals surface area contributed by atoms with Crippen molar-refractivity contribution in [1.29, 1.82) is 0 Å². The molecule has 0 bridgehead atoms. The first kappa shape index (κ1) is 25.9. The van der Waals surface area contributed by atoms with E-state index < -0.39 is 29.7 Å². The summed E-state index contributed by atoms with van der Waals surface area (Å²) >= 11 is 0. The van der Waals surface area contributed by atoms with Crippen LogP contribution in [-0.4, -0.2) is 29.2 Å². The second-order valence-corrected chi connectivity index (χ2v) is 8.76. The number of fused-ring (bicyclic) bond motifs is 1. The van der Waals surface area contributed by atoms with Gasteiger partial charge in [0.1, 0.15) is 11.8 Å². The van der Waals surface area contributed by atoms with Crippen molar-refractivity contribution in [2.24, 2.45) is 5.73 Å². The molecule has 0 saturated carbocycles. The molecule has 6 nitrogen and oxygen atoms in total. The molecule has 1 atom stereocenters. The van der Waals surface area contributed by atoms with Crippen molar-refractivity contribution >= 4 is 17.8 Å². The zero-order valence-corrected chi connectivity index (χ0v) is 20.0. The Bertz CT molecular complexity index is 1340. The third-order valence-electron chi connectivity index (χ3n) is 6.28. The predicted molar refractivity (Wildman–Crippen MR) is 131 cm³/mol. The van der Waals surface area contributed by atoms with Gasteiger partial charge < -0.3 is 15.4 Å². The number of carbonyl (C=O) groups is 3. The van der Waals surface area contributed by atoms with Crippen molar-refractivity contribution in [2.45, 2.75) is 38.4 Å². The predicted octanol–water partition coefficient (Wildman–Crippen LogP) is 5.30. The van der Waals surface area contributed by atoms with Crippen LogP contribution < -0.4 is 10.5 Å². The third-order valence-corrected chi connectivity index (χ3v) is 6.28. The SMILES string of the molecule is CCCC(=O)N1CCc2cc(OC(=O)c3ccccc3-c3ccc(C(F)(F)F)cc3)ccc2C1C(N)=O. The van der Waals surface area contributed by atoms with Crippen LogP contribution in [0.25, 0.3) is 11.1 Å². The molecule has 0 spiro atoms. The Morgan fingerprint density at radius 2 is 1.73 bits per heavy atom. The monoisotopic (exact) mass is 510 g/mol. The van der Waals surface area contributed by atoms with Crippen molar-refractivity contribution in [2.75, 3.05) is 6.54 Å². The normalized spacial score (nSPS) is 15.1. The van der Waals surface area contributed by atoms with E-state index in [1.165, 1.54) is 29.2 Å². The zero-order chi connectivity index (χ0) is 26.7. The largest absolute Gasteiger partial charge is 0.423 e. The van der Waals surface area contributed by atoms with Gasteiger partial charge in [0, 0.05) is 13.0 Å². The van der Waals surface area contributed by atoms with Crippen molar-refractivity contribution in [1.82, 2.24) is 4.90 Å². The molecule has 0 radical (unpaired) electrons. The number of halogens is 3. The van der Waals surface area contributed by atoms with E-state index in [0.717, 1.165) is 17.7 Å². The van der Waals surface area contributed by atoms with Crippen LogP contribution in [0.5, 0.6) is 5.75 Å². The lowest BCUT2D eigenvalue weighted by Crippen LogP contribution is -2.45. The highest BCUT2D eigenvalue weighted by atomic mass is 19.4. The molecular weight excluding hydrogens is 485 g/mol. The first-order chi connectivity index (χ1) is 17.6. The highest BCUT2D eigenvalue weighted by molar-refractivity contribution is 5.98. The molecule has 0 aromatic heterocycles. The van der Waals surface area contributed by atoms with Gasteiger partial charge in [-0.3, -0.25) is 9.59 Å². The number of rotatable bonds is 6. The number of esters is 1.